The second-order valence-electron chi connectivity index (χ2n) is 7.20. The summed E-state index contributed by atoms with van der Waals surface area (Å²) in [4.78, 5) is 24.6. The average Bonchev–Trinajstić information content (AvgIpc) is 2.95. The summed E-state index contributed by atoms with van der Waals surface area (Å²) in [5, 5.41) is 11.1. The second kappa shape index (κ2) is 8.66. The average molecular weight is 451 g/mol. The van der Waals surface area contributed by atoms with Gasteiger partial charge in [-0.1, -0.05) is 30.1 Å². The lowest BCUT2D eigenvalue weighted by Gasteiger charge is -2.16. The molecule has 5 nitrogen and oxygen atoms in total. The van der Waals surface area contributed by atoms with Crippen LogP contribution in [-0.2, 0) is 4.79 Å². The normalized spacial score (nSPS) is 12.3. The maximum Gasteiger partial charge on any atom is 0.262 e. The highest BCUT2D eigenvalue weighted by Gasteiger charge is 2.26. The maximum absolute atomic E-state index is 14.2. The molecule has 158 valence electrons. The molecule has 1 aromatic heterocycles. The third-order valence-electron chi connectivity index (χ3n) is 5.33. The summed E-state index contributed by atoms with van der Waals surface area (Å²) < 4.78 is 15.6. The molecule has 3 N–H and O–H groups in total. The molecule has 3 aromatic rings. The molecule has 30 heavy (non-hydrogen) atoms. The number of benzene rings is 2. The quantitative estimate of drug-likeness (QED) is 0.516. The van der Waals surface area contributed by atoms with E-state index in [2.05, 4.69) is 0 Å². The molecule has 1 amide bonds. The SMILES string of the molecule is CC[C@@H](CCC(N)=O)c1c(C)n(C(=O)c2ccc(Cl)c(Cl)c2)c2cc(F)c(O)cc12. The van der Waals surface area contributed by atoms with Gasteiger partial charge in [0.25, 0.3) is 5.91 Å². The molecular weight excluding hydrogens is 430 g/mol. The number of fused-ring (bicyclic) bond motifs is 1. The van der Waals surface area contributed by atoms with E-state index in [-0.39, 0.29) is 22.9 Å². The third kappa shape index (κ3) is 4.02. The number of rotatable bonds is 6. The topological polar surface area (TPSA) is 85.3 Å². The van der Waals surface area contributed by atoms with Crippen molar-refractivity contribution in [2.45, 2.75) is 39.0 Å². The van der Waals surface area contributed by atoms with E-state index >= 15 is 0 Å². The molecule has 1 atom stereocenters. The molecule has 0 aliphatic heterocycles. The minimum absolute atomic E-state index is 0.104. The zero-order valence-corrected chi connectivity index (χ0v) is 18.0. The molecule has 0 radical (unpaired) electrons. The van der Waals surface area contributed by atoms with Gasteiger partial charge in [0.05, 0.1) is 15.6 Å². The van der Waals surface area contributed by atoms with Gasteiger partial charge >= 0.3 is 0 Å². The van der Waals surface area contributed by atoms with Gasteiger partial charge in [0.2, 0.25) is 5.91 Å². The summed E-state index contributed by atoms with van der Waals surface area (Å²) >= 11 is 12.0. The van der Waals surface area contributed by atoms with Gasteiger partial charge in [0, 0.05) is 29.1 Å². The van der Waals surface area contributed by atoms with Crippen molar-refractivity contribution in [3.05, 3.63) is 63.0 Å². The summed E-state index contributed by atoms with van der Waals surface area (Å²) in [5.74, 6) is -2.27. The van der Waals surface area contributed by atoms with Crippen molar-refractivity contribution in [1.82, 2.24) is 4.57 Å². The Morgan fingerprint density at radius 2 is 1.90 bits per heavy atom. The highest BCUT2D eigenvalue weighted by atomic mass is 35.5. The number of phenolic OH excluding ortho intramolecular Hbond substituents is 1. The first-order chi connectivity index (χ1) is 14.1. The molecule has 0 spiro atoms. The zero-order chi connectivity index (χ0) is 22.2. The van der Waals surface area contributed by atoms with Crippen LogP contribution in [0.1, 0.15) is 53.7 Å². The van der Waals surface area contributed by atoms with Crippen LogP contribution < -0.4 is 5.73 Å². The summed E-state index contributed by atoms with van der Waals surface area (Å²) in [5.41, 5.74) is 7.30. The fraction of sp³-hybridized carbons (Fsp3) is 0.273. The lowest BCUT2D eigenvalue weighted by molar-refractivity contribution is -0.118. The number of aromatic hydroxyl groups is 1. The Balaban J connectivity index is 2.24. The van der Waals surface area contributed by atoms with E-state index in [0.29, 0.717) is 34.5 Å². The molecule has 3 rings (SSSR count). The minimum Gasteiger partial charge on any atom is -0.505 e. The zero-order valence-electron chi connectivity index (χ0n) is 16.5. The summed E-state index contributed by atoms with van der Waals surface area (Å²) in [6.45, 7) is 3.71. The maximum atomic E-state index is 14.2. The van der Waals surface area contributed by atoms with E-state index in [4.69, 9.17) is 28.9 Å². The van der Waals surface area contributed by atoms with Crippen LogP contribution in [0.15, 0.2) is 30.3 Å². The fourth-order valence-corrected chi connectivity index (χ4v) is 4.15. The number of hydrogen-bond donors (Lipinski definition) is 2. The van der Waals surface area contributed by atoms with Gasteiger partial charge in [0.1, 0.15) is 0 Å². The molecule has 0 aliphatic rings. The van der Waals surface area contributed by atoms with Crippen molar-refractivity contribution >= 4 is 45.9 Å². The number of amides is 1. The van der Waals surface area contributed by atoms with E-state index in [1.165, 1.54) is 22.8 Å². The van der Waals surface area contributed by atoms with Gasteiger partial charge in [-0.2, -0.15) is 0 Å². The highest BCUT2D eigenvalue weighted by Crippen LogP contribution is 2.39. The van der Waals surface area contributed by atoms with E-state index in [0.717, 1.165) is 11.6 Å². The second-order valence-corrected chi connectivity index (χ2v) is 8.01. The number of primary amides is 1. The Morgan fingerprint density at radius 1 is 1.20 bits per heavy atom. The Kier molecular flexibility index (Phi) is 6.38. The first kappa shape index (κ1) is 22.1. The number of carbonyl (C=O) groups excluding carboxylic acids is 2. The molecule has 2 aromatic carbocycles. The number of carbonyl (C=O) groups is 2. The number of phenols is 1. The van der Waals surface area contributed by atoms with Crippen molar-refractivity contribution in [2.75, 3.05) is 0 Å². The third-order valence-corrected chi connectivity index (χ3v) is 6.07. The van der Waals surface area contributed by atoms with Gasteiger partial charge in [-0.05, 0) is 55.5 Å². The van der Waals surface area contributed by atoms with Crippen LogP contribution in [0.5, 0.6) is 5.75 Å². The molecule has 0 bridgehead atoms. The highest BCUT2D eigenvalue weighted by molar-refractivity contribution is 6.42. The number of nitrogens with two attached hydrogens (primary N) is 1. The molecule has 1 heterocycles. The Morgan fingerprint density at radius 3 is 2.50 bits per heavy atom. The van der Waals surface area contributed by atoms with Crippen molar-refractivity contribution in [2.24, 2.45) is 5.73 Å². The monoisotopic (exact) mass is 450 g/mol. The molecule has 0 fully saturated rings. The van der Waals surface area contributed by atoms with Gasteiger partial charge in [-0.3, -0.25) is 14.2 Å². The predicted octanol–water partition coefficient (Wildman–Crippen LogP) is 5.55. The molecule has 0 unspecified atom stereocenters. The van der Waals surface area contributed by atoms with Crippen LogP contribution in [0.3, 0.4) is 0 Å². The Hall–Kier alpha value is -2.57. The molecule has 0 saturated carbocycles. The van der Waals surface area contributed by atoms with Crippen LogP contribution in [0.2, 0.25) is 10.0 Å². The van der Waals surface area contributed by atoms with Crippen LogP contribution >= 0.6 is 23.2 Å². The minimum atomic E-state index is -0.833. The molecular formula is C22H21Cl2FN2O3. The molecule has 8 heteroatoms. The largest absolute Gasteiger partial charge is 0.505 e. The Bertz CT molecular complexity index is 1160. The lowest BCUT2D eigenvalue weighted by atomic mass is 9.89. The van der Waals surface area contributed by atoms with Gasteiger partial charge < -0.3 is 10.8 Å². The standard InChI is InChI=1S/C22H21Cl2FN2O3/c1-3-12(5-7-20(26)29)21-11(2)27(18-10-17(25)19(28)9-14(18)21)22(30)13-4-6-15(23)16(24)8-13/h4,6,8-10,12,28H,3,5,7H2,1-2H3,(H2,26,29)/t12-/m0/s1. The van der Waals surface area contributed by atoms with Gasteiger partial charge in [-0.25, -0.2) is 4.39 Å². The number of aromatic nitrogens is 1. The van der Waals surface area contributed by atoms with Gasteiger partial charge in [0.15, 0.2) is 11.6 Å². The smallest absolute Gasteiger partial charge is 0.262 e. The van der Waals surface area contributed by atoms with Crippen LogP contribution in [0, 0.1) is 12.7 Å². The number of nitrogens with zero attached hydrogens (tertiary/aromatic N) is 1. The van der Waals surface area contributed by atoms with Crippen molar-refractivity contribution in [1.29, 1.82) is 0 Å². The van der Waals surface area contributed by atoms with Crippen LogP contribution in [0.4, 0.5) is 4.39 Å². The first-order valence-corrected chi connectivity index (χ1v) is 10.2. The molecule has 0 aliphatic carbocycles. The van der Waals surface area contributed by atoms with E-state index < -0.39 is 23.4 Å². The lowest BCUT2D eigenvalue weighted by Crippen LogP contribution is -2.15. The predicted molar refractivity (Wildman–Crippen MR) is 116 cm³/mol. The molecule has 0 saturated heterocycles. The van der Waals surface area contributed by atoms with Crippen LogP contribution in [0.25, 0.3) is 10.9 Å². The van der Waals surface area contributed by atoms with Crippen molar-refractivity contribution < 1.29 is 19.1 Å². The summed E-state index contributed by atoms with van der Waals surface area (Å²) in [7, 11) is 0. The summed E-state index contributed by atoms with van der Waals surface area (Å²) in [6.07, 6.45) is 1.33. The van der Waals surface area contributed by atoms with Crippen molar-refractivity contribution in [3.63, 3.8) is 0 Å². The van der Waals surface area contributed by atoms with E-state index in [1.54, 1.807) is 13.0 Å². The fourth-order valence-electron chi connectivity index (χ4n) is 3.85. The Labute approximate surface area is 183 Å². The number of halogens is 3. The first-order valence-electron chi connectivity index (χ1n) is 9.47. The van der Waals surface area contributed by atoms with Crippen molar-refractivity contribution in [3.8, 4) is 5.75 Å². The van der Waals surface area contributed by atoms with Gasteiger partial charge in [-0.15, -0.1) is 0 Å². The van der Waals surface area contributed by atoms with Crippen LogP contribution in [-0.4, -0.2) is 21.5 Å². The van der Waals surface area contributed by atoms with E-state index in [9.17, 15) is 19.1 Å². The summed E-state index contributed by atoms with van der Waals surface area (Å²) in [6, 6.07) is 6.98. The number of hydrogen-bond acceptors (Lipinski definition) is 3. The van der Waals surface area contributed by atoms with E-state index in [1.807, 2.05) is 6.92 Å².